The van der Waals surface area contributed by atoms with Crippen molar-refractivity contribution in [3.8, 4) is 0 Å². The van der Waals surface area contributed by atoms with Gasteiger partial charge in [0.2, 0.25) is 5.91 Å². The topological polar surface area (TPSA) is 50.4 Å². The Kier molecular flexibility index (Phi) is 5.18. The van der Waals surface area contributed by atoms with Crippen LogP contribution in [-0.4, -0.2) is 31.6 Å². The molecule has 0 aromatic carbocycles. The number of amides is 1. The maximum Gasteiger partial charge on any atom is 0.224 e. The number of nitrogens with one attached hydrogen (secondary N) is 2. The minimum absolute atomic E-state index is 0.130. The van der Waals surface area contributed by atoms with Crippen LogP contribution in [0.15, 0.2) is 12.8 Å². The van der Waals surface area contributed by atoms with E-state index in [4.69, 9.17) is 4.74 Å². The van der Waals surface area contributed by atoms with E-state index in [2.05, 4.69) is 24.1 Å². The Balaban J connectivity index is 2.10. The molecular formula is C11H20N2O2. The summed E-state index contributed by atoms with van der Waals surface area (Å²) in [6.07, 6.45) is 3.19. The van der Waals surface area contributed by atoms with E-state index in [1.807, 2.05) is 0 Å². The number of carbonyl (C=O) groups excluding carboxylic acids is 1. The Morgan fingerprint density at radius 3 is 3.13 bits per heavy atom. The molecule has 0 aliphatic carbocycles. The van der Waals surface area contributed by atoms with Gasteiger partial charge in [-0.15, -0.1) is 0 Å². The van der Waals surface area contributed by atoms with Crippen LogP contribution in [0.5, 0.6) is 0 Å². The van der Waals surface area contributed by atoms with Gasteiger partial charge in [-0.25, -0.2) is 0 Å². The molecule has 1 aliphatic heterocycles. The van der Waals surface area contributed by atoms with Crippen LogP contribution in [-0.2, 0) is 9.53 Å². The fourth-order valence-electron chi connectivity index (χ4n) is 1.80. The van der Waals surface area contributed by atoms with Gasteiger partial charge in [0.25, 0.3) is 0 Å². The van der Waals surface area contributed by atoms with Gasteiger partial charge in [-0.3, -0.25) is 4.79 Å². The molecule has 15 heavy (non-hydrogen) atoms. The van der Waals surface area contributed by atoms with E-state index < -0.39 is 0 Å². The Morgan fingerprint density at radius 2 is 2.53 bits per heavy atom. The Labute approximate surface area is 91.1 Å². The normalized spacial score (nSPS) is 24.9. The molecule has 2 atom stereocenters. The largest absolute Gasteiger partial charge is 0.502 e. The second kappa shape index (κ2) is 6.45. The van der Waals surface area contributed by atoms with E-state index in [-0.39, 0.29) is 11.8 Å². The van der Waals surface area contributed by atoms with Crippen molar-refractivity contribution in [3.05, 3.63) is 12.8 Å². The fourth-order valence-corrected chi connectivity index (χ4v) is 1.80. The highest BCUT2D eigenvalue weighted by Crippen LogP contribution is 2.14. The van der Waals surface area contributed by atoms with Gasteiger partial charge in [0.05, 0.1) is 18.8 Å². The van der Waals surface area contributed by atoms with Crippen molar-refractivity contribution < 1.29 is 9.53 Å². The second-order valence-electron chi connectivity index (χ2n) is 3.82. The quantitative estimate of drug-likeness (QED) is 0.502. The van der Waals surface area contributed by atoms with Crippen molar-refractivity contribution in [1.29, 1.82) is 0 Å². The van der Waals surface area contributed by atoms with Crippen LogP contribution in [0.4, 0.5) is 0 Å². The molecule has 0 spiro atoms. The molecule has 1 aliphatic rings. The Bertz CT molecular complexity index is 219. The van der Waals surface area contributed by atoms with Crippen molar-refractivity contribution in [2.75, 3.05) is 19.7 Å². The molecule has 2 N–H and O–H groups in total. The predicted molar refractivity (Wildman–Crippen MR) is 59.3 cm³/mol. The molecule has 4 nitrogen and oxygen atoms in total. The van der Waals surface area contributed by atoms with E-state index in [9.17, 15) is 4.79 Å². The lowest BCUT2D eigenvalue weighted by molar-refractivity contribution is -0.125. The Hall–Kier alpha value is -1.03. The van der Waals surface area contributed by atoms with E-state index in [1.165, 1.54) is 6.26 Å². The average Bonchev–Trinajstić information content (AvgIpc) is 2.64. The van der Waals surface area contributed by atoms with Crippen LogP contribution in [0.25, 0.3) is 0 Å². The van der Waals surface area contributed by atoms with Crippen molar-refractivity contribution in [2.24, 2.45) is 5.92 Å². The highest BCUT2D eigenvalue weighted by atomic mass is 16.5. The first-order valence-electron chi connectivity index (χ1n) is 5.49. The lowest BCUT2D eigenvalue weighted by Gasteiger charge is -2.14. The van der Waals surface area contributed by atoms with Crippen LogP contribution in [0.2, 0.25) is 0 Å². The zero-order chi connectivity index (χ0) is 11.1. The summed E-state index contributed by atoms with van der Waals surface area (Å²) in [6, 6.07) is 0.300. The number of hydrogen-bond acceptors (Lipinski definition) is 3. The van der Waals surface area contributed by atoms with Crippen LogP contribution >= 0.6 is 0 Å². The molecule has 0 saturated carbocycles. The summed E-state index contributed by atoms with van der Waals surface area (Å²) in [7, 11) is 0. The van der Waals surface area contributed by atoms with Crippen LogP contribution in [0, 0.1) is 5.92 Å². The van der Waals surface area contributed by atoms with Gasteiger partial charge in [0, 0.05) is 12.6 Å². The lowest BCUT2D eigenvalue weighted by Crippen LogP contribution is -2.37. The number of ether oxygens (including phenoxy) is 1. The molecule has 1 saturated heterocycles. The molecule has 2 unspecified atom stereocenters. The third kappa shape index (κ3) is 3.91. The summed E-state index contributed by atoms with van der Waals surface area (Å²) >= 11 is 0. The van der Waals surface area contributed by atoms with Gasteiger partial charge in [0.1, 0.15) is 0 Å². The number of rotatable bonds is 6. The highest BCUT2D eigenvalue weighted by molar-refractivity contribution is 5.79. The second-order valence-corrected chi connectivity index (χ2v) is 3.82. The van der Waals surface area contributed by atoms with Gasteiger partial charge in [0.15, 0.2) is 0 Å². The third-order valence-corrected chi connectivity index (χ3v) is 2.72. The predicted octanol–water partition coefficient (Wildman–Crippen LogP) is 0.651. The monoisotopic (exact) mass is 212 g/mol. The molecule has 1 fully saturated rings. The number of carbonyl (C=O) groups is 1. The molecule has 0 radical (unpaired) electrons. The zero-order valence-electron chi connectivity index (χ0n) is 9.29. The zero-order valence-corrected chi connectivity index (χ0v) is 9.29. The molecule has 4 heteroatoms. The van der Waals surface area contributed by atoms with Crippen LogP contribution in [0.3, 0.4) is 0 Å². The SMILES string of the molecule is C=COCCCNC(=O)C1CCNC1C. The van der Waals surface area contributed by atoms with Gasteiger partial charge in [-0.2, -0.15) is 0 Å². The van der Waals surface area contributed by atoms with E-state index in [0.717, 1.165) is 19.4 Å². The number of hydrogen-bond donors (Lipinski definition) is 2. The summed E-state index contributed by atoms with van der Waals surface area (Å²) in [5.74, 6) is 0.288. The lowest BCUT2D eigenvalue weighted by atomic mass is 10.0. The summed E-state index contributed by atoms with van der Waals surface area (Å²) in [4.78, 5) is 11.7. The van der Waals surface area contributed by atoms with E-state index >= 15 is 0 Å². The minimum atomic E-state index is 0.130. The maximum absolute atomic E-state index is 11.7. The molecule has 0 aromatic heterocycles. The van der Waals surface area contributed by atoms with Crippen LogP contribution in [0.1, 0.15) is 19.8 Å². The van der Waals surface area contributed by atoms with Gasteiger partial charge in [-0.1, -0.05) is 6.58 Å². The van der Waals surface area contributed by atoms with Crippen LogP contribution < -0.4 is 10.6 Å². The van der Waals surface area contributed by atoms with E-state index in [0.29, 0.717) is 19.2 Å². The molecule has 86 valence electrons. The molecule has 0 bridgehead atoms. The van der Waals surface area contributed by atoms with Gasteiger partial charge < -0.3 is 15.4 Å². The first-order valence-corrected chi connectivity index (χ1v) is 5.49. The van der Waals surface area contributed by atoms with Gasteiger partial charge in [-0.05, 0) is 26.3 Å². The molecule has 0 aromatic rings. The molecular weight excluding hydrogens is 192 g/mol. The molecule has 1 amide bonds. The standard InChI is InChI=1S/C11H20N2O2/c1-3-15-8-4-6-13-11(14)10-5-7-12-9(10)2/h3,9-10,12H,1,4-8H2,2H3,(H,13,14). The van der Waals surface area contributed by atoms with Gasteiger partial charge >= 0.3 is 0 Å². The smallest absolute Gasteiger partial charge is 0.224 e. The third-order valence-electron chi connectivity index (χ3n) is 2.72. The average molecular weight is 212 g/mol. The Morgan fingerprint density at radius 1 is 1.73 bits per heavy atom. The van der Waals surface area contributed by atoms with Crippen molar-refractivity contribution in [3.63, 3.8) is 0 Å². The maximum atomic E-state index is 11.7. The van der Waals surface area contributed by atoms with Crippen molar-refractivity contribution in [1.82, 2.24) is 10.6 Å². The summed E-state index contributed by atoms with van der Waals surface area (Å²) < 4.78 is 4.96. The fraction of sp³-hybridized carbons (Fsp3) is 0.727. The minimum Gasteiger partial charge on any atom is -0.502 e. The molecule has 1 rings (SSSR count). The van der Waals surface area contributed by atoms with E-state index in [1.54, 1.807) is 0 Å². The highest BCUT2D eigenvalue weighted by Gasteiger charge is 2.28. The summed E-state index contributed by atoms with van der Waals surface area (Å²) in [5, 5.41) is 6.18. The summed E-state index contributed by atoms with van der Waals surface area (Å²) in [5.41, 5.74) is 0. The molecule has 1 heterocycles. The van der Waals surface area contributed by atoms with Crippen molar-refractivity contribution >= 4 is 5.91 Å². The van der Waals surface area contributed by atoms with Crippen molar-refractivity contribution in [2.45, 2.75) is 25.8 Å². The first-order chi connectivity index (χ1) is 7.25. The first kappa shape index (κ1) is 12.0. The summed E-state index contributed by atoms with van der Waals surface area (Å²) in [6.45, 7) is 7.74.